The van der Waals surface area contributed by atoms with Crippen LogP contribution in [0.4, 0.5) is 4.39 Å². The number of nitrogens with zero attached hydrogens (tertiary/aromatic N) is 3. The second-order valence-electron chi connectivity index (χ2n) is 6.94. The quantitative estimate of drug-likeness (QED) is 0.753. The number of nitrogens with one attached hydrogen (secondary N) is 1. The lowest BCUT2D eigenvalue weighted by Gasteiger charge is -2.26. The predicted octanol–water partition coefficient (Wildman–Crippen LogP) is 3.36. The Balaban J connectivity index is 1.49. The van der Waals surface area contributed by atoms with Gasteiger partial charge in [0.05, 0.1) is 11.3 Å². The molecule has 1 N–H and O–H groups in total. The van der Waals surface area contributed by atoms with Crippen molar-refractivity contribution in [3.63, 3.8) is 0 Å². The summed E-state index contributed by atoms with van der Waals surface area (Å²) < 4.78 is 15.0. The molecule has 1 amide bonds. The standard InChI is InChI=1S/C21H23FN4O/c22-17-8-6-16(7-9-17)19-15-26-13-4-5-18(20(26)24-19)21(27)23-10-14-25-11-2-1-3-12-25/h4-9,13,15H,1-3,10-12,14H2,(H,23,27). The SMILES string of the molecule is O=C(NCCN1CCCCC1)c1cccn2cc(-c3ccc(F)cc3)nc12. The molecule has 4 rings (SSSR count). The smallest absolute Gasteiger partial charge is 0.255 e. The third-order valence-electron chi connectivity index (χ3n) is 5.03. The molecule has 0 aliphatic carbocycles. The van der Waals surface area contributed by atoms with E-state index in [-0.39, 0.29) is 11.7 Å². The first-order valence-corrected chi connectivity index (χ1v) is 9.45. The molecule has 1 saturated heterocycles. The Morgan fingerprint density at radius 3 is 2.67 bits per heavy atom. The first-order valence-electron chi connectivity index (χ1n) is 9.45. The van der Waals surface area contributed by atoms with E-state index in [0.29, 0.717) is 23.4 Å². The molecule has 3 heterocycles. The first kappa shape index (κ1) is 17.7. The van der Waals surface area contributed by atoms with Crippen LogP contribution in [0.1, 0.15) is 29.6 Å². The van der Waals surface area contributed by atoms with E-state index in [0.717, 1.165) is 25.2 Å². The van der Waals surface area contributed by atoms with Gasteiger partial charge in [-0.3, -0.25) is 4.79 Å². The van der Waals surface area contributed by atoms with E-state index in [1.165, 1.54) is 31.4 Å². The van der Waals surface area contributed by atoms with E-state index in [2.05, 4.69) is 15.2 Å². The molecule has 0 atom stereocenters. The maximum absolute atomic E-state index is 13.1. The fourth-order valence-electron chi connectivity index (χ4n) is 3.56. The van der Waals surface area contributed by atoms with Crippen molar-refractivity contribution in [2.45, 2.75) is 19.3 Å². The highest BCUT2D eigenvalue weighted by Crippen LogP contribution is 2.21. The van der Waals surface area contributed by atoms with Gasteiger partial charge >= 0.3 is 0 Å². The fraction of sp³-hybridized carbons (Fsp3) is 0.333. The molecule has 0 spiro atoms. The maximum Gasteiger partial charge on any atom is 0.255 e. The number of pyridine rings is 1. The van der Waals surface area contributed by atoms with Gasteiger partial charge in [-0.1, -0.05) is 6.42 Å². The molecule has 1 fully saturated rings. The van der Waals surface area contributed by atoms with Crippen LogP contribution in [0.15, 0.2) is 48.8 Å². The van der Waals surface area contributed by atoms with Gasteiger partial charge in [0.25, 0.3) is 5.91 Å². The third kappa shape index (κ3) is 4.01. The van der Waals surface area contributed by atoms with Crippen LogP contribution in [0.3, 0.4) is 0 Å². The number of aromatic nitrogens is 2. The Morgan fingerprint density at radius 1 is 1.11 bits per heavy atom. The first-order chi connectivity index (χ1) is 13.2. The van der Waals surface area contributed by atoms with E-state index in [9.17, 15) is 9.18 Å². The molecule has 27 heavy (non-hydrogen) atoms. The molecule has 140 valence electrons. The van der Waals surface area contributed by atoms with Crippen molar-refractivity contribution in [3.05, 3.63) is 60.2 Å². The highest BCUT2D eigenvalue weighted by molar-refractivity contribution is 6.00. The summed E-state index contributed by atoms with van der Waals surface area (Å²) in [6.07, 6.45) is 7.51. The van der Waals surface area contributed by atoms with Crippen molar-refractivity contribution in [2.24, 2.45) is 0 Å². The number of rotatable bonds is 5. The van der Waals surface area contributed by atoms with Crippen LogP contribution in [0.2, 0.25) is 0 Å². The number of hydrogen-bond donors (Lipinski definition) is 1. The second-order valence-corrected chi connectivity index (χ2v) is 6.94. The van der Waals surface area contributed by atoms with Gasteiger partial charge in [0.2, 0.25) is 0 Å². The van der Waals surface area contributed by atoms with Crippen molar-refractivity contribution in [1.29, 1.82) is 0 Å². The number of amides is 1. The third-order valence-corrected chi connectivity index (χ3v) is 5.03. The van der Waals surface area contributed by atoms with Gasteiger partial charge < -0.3 is 14.6 Å². The summed E-state index contributed by atoms with van der Waals surface area (Å²) in [5, 5.41) is 3.01. The Morgan fingerprint density at radius 2 is 1.89 bits per heavy atom. The van der Waals surface area contributed by atoms with Gasteiger partial charge in [0.15, 0.2) is 0 Å². The molecule has 1 aliphatic heterocycles. The lowest BCUT2D eigenvalue weighted by molar-refractivity contribution is 0.0947. The van der Waals surface area contributed by atoms with Crippen molar-refractivity contribution < 1.29 is 9.18 Å². The van der Waals surface area contributed by atoms with E-state index in [4.69, 9.17) is 0 Å². The van der Waals surface area contributed by atoms with Gasteiger partial charge in [-0.15, -0.1) is 0 Å². The number of likely N-dealkylation sites (tertiary alicyclic amines) is 1. The summed E-state index contributed by atoms with van der Waals surface area (Å²) in [5.41, 5.74) is 2.68. The highest BCUT2D eigenvalue weighted by atomic mass is 19.1. The predicted molar refractivity (Wildman–Crippen MR) is 103 cm³/mol. The topological polar surface area (TPSA) is 49.6 Å². The van der Waals surface area contributed by atoms with Crippen LogP contribution in [-0.4, -0.2) is 46.4 Å². The molecule has 0 saturated carbocycles. The van der Waals surface area contributed by atoms with Gasteiger partial charge in [-0.05, 0) is 62.3 Å². The molecule has 2 aromatic heterocycles. The minimum Gasteiger partial charge on any atom is -0.351 e. The van der Waals surface area contributed by atoms with Gasteiger partial charge in [0.1, 0.15) is 11.5 Å². The van der Waals surface area contributed by atoms with E-state index >= 15 is 0 Å². The van der Waals surface area contributed by atoms with E-state index < -0.39 is 0 Å². The van der Waals surface area contributed by atoms with Crippen LogP contribution in [0.25, 0.3) is 16.9 Å². The fourth-order valence-corrected chi connectivity index (χ4v) is 3.56. The highest BCUT2D eigenvalue weighted by Gasteiger charge is 2.15. The molecule has 5 nitrogen and oxygen atoms in total. The molecule has 1 aliphatic rings. The molecule has 0 radical (unpaired) electrons. The Bertz CT molecular complexity index is 929. The van der Waals surface area contributed by atoms with Gasteiger partial charge in [-0.25, -0.2) is 9.37 Å². The largest absolute Gasteiger partial charge is 0.351 e. The van der Waals surface area contributed by atoms with Gasteiger partial charge in [0, 0.05) is 31.0 Å². The molecule has 3 aromatic rings. The van der Waals surface area contributed by atoms with E-state index in [1.807, 2.05) is 22.9 Å². The average molecular weight is 366 g/mol. The zero-order chi connectivity index (χ0) is 18.6. The van der Waals surface area contributed by atoms with Crippen molar-refractivity contribution in [1.82, 2.24) is 19.6 Å². The Labute approximate surface area is 157 Å². The van der Waals surface area contributed by atoms with Crippen molar-refractivity contribution >= 4 is 11.6 Å². The summed E-state index contributed by atoms with van der Waals surface area (Å²) in [5.74, 6) is -0.398. The molecule has 6 heteroatoms. The number of fused-ring (bicyclic) bond motifs is 1. The molecule has 0 bridgehead atoms. The lowest BCUT2D eigenvalue weighted by atomic mass is 10.1. The van der Waals surface area contributed by atoms with Crippen LogP contribution >= 0.6 is 0 Å². The Kier molecular flexibility index (Phi) is 5.16. The van der Waals surface area contributed by atoms with Crippen molar-refractivity contribution in [3.8, 4) is 11.3 Å². The van der Waals surface area contributed by atoms with Crippen LogP contribution in [0, 0.1) is 5.82 Å². The second kappa shape index (κ2) is 7.88. The number of halogens is 1. The summed E-state index contributed by atoms with van der Waals surface area (Å²) >= 11 is 0. The average Bonchev–Trinajstić information content (AvgIpc) is 3.13. The number of hydrogen-bond acceptors (Lipinski definition) is 3. The minimum absolute atomic E-state index is 0.117. The molecular formula is C21H23FN4O. The Hall–Kier alpha value is -2.73. The number of carbonyl (C=O) groups excluding carboxylic acids is 1. The molecule has 1 aromatic carbocycles. The number of imidazole rings is 1. The zero-order valence-electron chi connectivity index (χ0n) is 15.2. The number of carbonyl (C=O) groups is 1. The van der Waals surface area contributed by atoms with E-state index in [1.54, 1.807) is 18.2 Å². The summed E-state index contributed by atoms with van der Waals surface area (Å²) in [4.78, 5) is 19.7. The van der Waals surface area contributed by atoms with Crippen molar-refractivity contribution in [2.75, 3.05) is 26.2 Å². The maximum atomic E-state index is 13.1. The number of piperidine rings is 1. The number of benzene rings is 1. The summed E-state index contributed by atoms with van der Waals surface area (Å²) in [6.45, 7) is 3.75. The summed E-state index contributed by atoms with van der Waals surface area (Å²) in [7, 11) is 0. The lowest BCUT2D eigenvalue weighted by Crippen LogP contribution is -2.37. The zero-order valence-corrected chi connectivity index (χ0v) is 15.2. The monoisotopic (exact) mass is 366 g/mol. The van der Waals surface area contributed by atoms with Gasteiger partial charge in [-0.2, -0.15) is 0 Å². The van der Waals surface area contributed by atoms with Crippen LogP contribution in [-0.2, 0) is 0 Å². The van der Waals surface area contributed by atoms with Crippen LogP contribution in [0.5, 0.6) is 0 Å². The summed E-state index contributed by atoms with van der Waals surface area (Å²) in [6, 6.07) is 9.82. The molecular weight excluding hydrogens is 343 g/mol. The molecule has 0 unspecified atom stereocenters. The minimum atomic E-state index is -0.281. The van der Waals surface area contributed by atoms with Crippen LogP contribution < -0.4 is 5.32 Å². The normalized spacial score (nSPS) is 15.1.